The van der Waals surface area contributed by atoms with E-state index in [0.717, 1.165) is 24.2 Å². The molecule has 0 spiro atoms. The van der Waals surface area contributed by atoms with E-state index in [4.69, 9.17) is 4.52 Å². The first-order chi connectivity index (χ1) is 14.5. The Labute approximate surface area is 178 Å². The summed E-state index contributed by atoms with van der Waals surface area (Å²) in [5.74, 6) is 1.49. The van der Waals surface area contributed by atoms with Crippen LogP contribution in [0.15, 0.2) is 34.9 Å². The van der Waals surface area contributed by atoms with Gasteiger partial charge in [-0.15, -0.1) is 0 Å². The maximum Gasteiger partial charge on any atom is 0.237 e. The van der Waals surface area contributed by atoms with Gasteiger partial charge in [-0.1, -0.05) is 38.3 Å². The van der Waals surface area contributed by atoms with Crippen molar-refractivity contribution in [2.24, 2.45) is 11.8 Å². The maximum absolute atomic E-state index is 13.2. The van der Waals surface area contributed by atoms with Gasteiger partial charge in [0.2, 0.25) is 5.91 Å². The summed E-state index contributed by atoms with van der Waals surface area (Å²) in [6.07, 6.45) is 7.06. The zero-order chi connectivity index (χ0) is 21.1. The average Bonchev–Trinajstić information content (AvgIpc) is 3.20. The van der Waals surface area contributed by atoms with E-state index in [-0.39, 0.29) is 23.8 Å². The lowest BCUT2D eigenvalue weighted by Crippen LogP contribution is -2.62. The number of carbonyl (C=O) groups is 1. The first kappa shape index (κ1) is 21.0. The molecular weight excluding hydrogens is 381 g/mol. The minimum absolute atomic E-state index is 0.143. The second-order valence-corrected chi connectivity index (χ2v) is 9.28. The third-order valence-corrected chi connectivity index (χ3v) is 6.47. The zero-order valence-corrected chi connectivity index (χ0v) is 17.9. The van der Waals surface area contributed by atoms with Crippen LogP contribution in [0.2, 0.25) is 0 Å². The molecule has 2 heterocycles. The highest BCUT2D eigenvalue weighted by Gasteiger charge is 2.38. The predicted molar refractivity (Wildman–Crippen MR) is 114 cm³/mol. The summed E-state index contributed by atoms with van der Waals surface area (Å²) in [5, 5.41) is 7.58. The third kappa shape index (κ3) is 4.91. The molecule has 162 valence electrons. The summed E-state index contributed by atoms with van der Waals surface area (Å²) in [6, 6.07) is 8.19. The van der Waals surface area contributed by atoms with E-state index in [2.05, 4.69) is 29.2 Å². The van der Waals surface area contributed by atoms with E-state index in [1.54, 1.807) is 12.1 Å². The third-order valence-electron chi connectivity index (χ3n) is 6.47. The summed E-state index contributed by atoms with van der Waals surface area (Å²) < 4.78 is 18.7. The molecule has 1 saturated heterocycles. The SMILES string of the molecule is CC(C)C[C@H]1C(=O)N[C@@H](C2CCCCC2)CN1Cc1cc(-c2ccc(F)cc2)on1. The number of benzene rings is 1. The van der Waals surface area contributed by atoms with Crippen LogP contribution < -0.4 is 5.32 Å². The van der Waals surface area contributed by atoms with Gasteiger partial charge in [0.05, 0.1) is 11.7 Å². The van der Waals surface area contributed by atoms with Crippen LogP contribution in [0.5, 0.6) is 0 Å². The normalized spacial score (nSPS) is 23.7. The molecule has 1 aromatic heterocycles. The minimum Gasteiger partial charge on any atom is -0.356 e. The number of rotatable bonds is 6. The van der Waals surface area contributed by atoms with Crippen LogP contribution >= 0.6 is 0 Å². The Balaban J connectivity index is 1.50. The van der Waals surface area contributed by atoms with Crippen molar-refractivity contribution in [2.45, 2.75) is 71.0 Å². The molecule has 0 radical (unpaired) electrons. The van der Waals surface area contributed by atoms with Crippen LogP contribution in [0, 0.1) is 17.7 Å². The van der Waals surface area contributed by atoms with E-state index >= 15 is 0 Å². The Morgan fingerprint density at radius 2 is 1.93 bits per heavy atom. The van der Waals surface area contributed by atoms with Gasteiger partial charge in [-0.3, -0.25) is 9.69 Å². The lowest BCUT2D eigenvalue weighted by Gasteiger charge is -2.43. The van der Waals surface area contributed by atoms with Crippen LogP contribution in [0.25, 0.3) is 11.3 Å². The van der Waals surface area contributed by atoms with Gasteiger partial charge in [-0.2, -0.15) is 0 Å². The minimum atomic E-state index is -0.275. The molecule has 1 aromatic carbocycles. The number of hydrogen-bond donors (Lipinski definition) is 1. The monoisotopic (exact) mass is 413 g/mol. The smallest absolute Gasteiger partial charge is 0.237 e. The molecule has 30 heavy (non-hydrogen) atoms. The van der Waals surface area contributed by atoms with Crippen LogP contribution in [0.3, 0.4) is 0 Å². The van der Waals surface area contributed by atoms with Gasteiger partial charge < -0.3 is 9.84 Å². The Kier molecular flexibility index (Phi) is 6.52. The number of amides is 1. The van der Waals surface area contributed by atoms with Crippen LogP contribution in [0.1, 0.15) is 58.1 Å². The highest BCUT2D eigenvalue weighted by Crippen LogP contribution is 2.30. The molecule has 1 N–H and O–H groups in total. The Morgan fingerprint density at radius 3 is 2.63 bits per heavy atom. The van der Waals surface area contributed by atoms with E-state index in [1.165, 1.54) is 44.2 Å². The average molecular weight is 414 g/mol. The van der Waals surface area contributed by atoms with Crippen LogP contribution in [-0.2, 0) is 11.3 Å². The number of nitrogens with zero attached hydrogens (tertiary/aromatic N) is 2. The number of piperazine rings is 1. The molecule has 1 aliphatic carbocycles. The lowest BCUT2D eigenvalue weighted by atomic mass is 9.82. The molecule has 4 rings (SSSR count). The molecule has 5 nitrogen and oxygen atoms in total. The van der Waals surface area contributed by atoms with Crippen molar-refractivity contribution in [2.75, 3.05) is 6.54 Å². The Morgan fingerprint density at radius 1 is 1.20 bits per heavy atom. The van der Waals surface area contributed by atoms with Crippen LogP contribution in [-0.4, -0.2) is 34.6 Å². The standard InChI is InChI=1S/C24H32FN3O2/c1-16(2)12-22-24(29)26-21(17-6-4-3-5-7-17)15-28(22)14-20-13-23(30-27-20)18-8-10-19(25)11-9-18/h8-11,13,16-17,21-22H,3-7,12,14-15H2,1-2H3,(H,26,29)/t21-,22+/m1/s1. The molecule has 2 aliphatic rings. The van der Waals surface area contributed by atoms with Gasteiger partial charge in [0, 0.05) is 30.8 Å². The van der Waals surface area contributed by atoms with Crippen molar-refractivity contribution in [3.8, 4) is 11.3 Å². The van der Waals surface area contributed by atoms with Crippen molar-refractivity contribution in [3.63, 3.8) is 0 Å². The Hall–Kier alpha value is -2.21. The fraction of sp³-hybridized carbons (Fsp3) is 0.583. The van der Waals surface area contributed by atoms with Crippen molar-refractivity contribution < 1.29 is 13.7 Å². The van der Waals surface area contributed by atoms with Crippen molar-refractivity contribution in [1.82, 2.24) is 15.4 Å². The molecule has 2 aromatic rings. The summed E-state index contributed by atoms with van der Waals surface area (Å²) in [7, 11) is 0. The number of carbonyl (C=O) groups excluding carboxylic acids is 1. The highest BCUT2D eigenvalue weighted by molar-refractivity contribution is 5.83. The summed E-state index contributed by atoms with van der Waals surface area (Å²) in [6.45, 7) is 5.74. The van der Waals surface area contributed by atoms with Crippen LogP contribution in [0.4, 0.5) is 4.39 Å². The first-order valence-corrected chi connectivity index (χ1v) is 11.3. The number of hydrogen-bond acceptors (Lipinski definition) is 4. The zero-order valence-electron chi connectivity index (χ0n) is 17.9. The van der Waals surface area contributed by atoms with Gasteiger partial charge >= 0.3 is 0 Å². The largest absolute Gasteiger partial charge is 0.356 e. The molecule has 0 unspecified atom stereocenters. The lowest BCUT2D eigenvalue weighted by molar-refractivity contribution is -0.133. The van der Waals surface area contributed by atoms with E-state index in [0.29, 0.717) is 24.1 Å². The van der Waals surface area contributed by atoms with Crippen molar-refractivity contribution in [3.05, 3.63) is 41.8 Å². The van der Waals surface area contributed by atoms with E-state index < -0.39 is 0 Å². The van der Waals surface area contributed by atoms with Gasteiger partial charge in [0.15, 0.2) is 5.76 Å². The van der Waals surface area contributed by atoms with Crippen molar-refractivity contribution in [1.29, 1.82) is 0 Å². The Bertz CT molecular complexity index is 842. The van der Waals surface area contributed by atoms with Gasteiger partial charge in [-0.05, 0) is 55.4 Å². The predicted octanol–water partition coefficient (Wildman–Crippen LogP) is 4.78. The number of nitrogens with one attached hydrogen (secondary N) is 1. The second-order valence-electron chi connectivity index (χ2n) is 9.28. The van der Waals surface area contributed by atoms with Gasteiger partial charge in [0.1, 0.15) is 5.82 Å². The molecule has 1 saturated carbocycles. The van der Waals surface area contributed by atoms with Gasteiger partial charge in [-0.25, -0.2) is 4.39 Å². The summed E-state index contributed by atoms with van der Waals surface area (Å²) in [5.41, 5.74) is 1.60. The molecule has 2 atom stereocenters. The molecular formula is C24H32FN3O2. The second kappa shape index (κ2) is 9.29. The van der Waals surface area contributed by atoms with E-state index in [9.17, 15) is 9.18 Å². The first-order valence-electron chi connectivity index (χ1n) is 11.3. The van der Waals surface area contributed by atoms with E-state index in [1.807, 2.05) is 6.07 Å². The summed E-state index contributed by atoms with van der Waals surface area (Å²) >= 11 is 0. The maximum atomic E-state index is 13.2. The quantitative estimate of drug-likeness (QED) is 0.741. The number of aromatic nitrogens is 1. The van der Waals surface area contributed by atoms with Gasteiger partial charge in [0.25, 0.3) is 0 Å². The molecule has 0 bridgehead atoms. The number of halogens is 1. The molecule has 1 amide bonds. The topological polar surface area (TPSA) is 58.4 Å². The molecule has 2 fully saturated rings. The summed E-state index contributed by atoms with van der Waals surface area (Å²) in [4.78, 5) is 15.3. The fourth-order valence-corrected chi connectivity index (χ4v) is 4.90. The van der Waals surface area contributed by atoms with Crippen molar-refractivity contribution >= 4 is 5.91 Å². The fourth-order valence-electron chi connectivity index (χ4n) is 4.90. The highest BCUT2D eigenvalue weighted by atomic mass is 19.1. The molecule has 6 heteroatoms. The molecule has 1 aliphatic heterocycles.